The van der Waals surface area contributed by atoms with Gasteiger partial charge in [0.2, 0.25) is 0 Å². The van der Waals surface area contributed by atoms with E-state index in [4.69, 9.17) is 0 Å². The summed E-state index contributed by atoms with van der Waals surface area (Å²) >= 11 is 0. The third-order valence-corrected chi connectivity index (χ3v) is 6.38. The molecule has 0 spiro atoms. The van der Waals surface area contributed by atoms with E-state index in [1.165, 1.54) is 57.4 Å². The molecule has 1 unspecified atom stereocenters. The van der Waals surface area contributed by atoms with Crippen molar-refractivity contribution in [1.29, 1.82) is 0 Å². The molecule has 82 valence electrons. The average molecular weight is 211 g/mol. The molecule has 0 aromatic carbocycles. The first-order chi connectivity index (χ1) is 6.86. The van der Waals surface area contributed by atoms with Crippen LogP contribution in [-0.4, -0.2) is 33.3 Å². The van der Waals surface area contributed by atoms with Gasteiger partial charge in [0.1, 0.15) is 0 Å². The number of nitrogens with zero attached hydrogens (tertiary/aromatic N) is 1. The van der Waals surface area contributed by atoms with Crippen molar-refractivity contribution in [3.05, 3.63) is 12.3 Å². The standard InChI is InChI=1S/C12H25NSi/c1-3-11-14(4-2)12-7-10-13-8-5-6-9-13/h4,14H,2-3,5-12H2,1H3. The van der Waals surface area contributed by atoms with E-state index in [1.807, 2.05) is 0 Å². The van der Waals surface area contributed by atoms with E-state index in [0.717, 1.165) is 0 Å². The van der Waals surface area contributed by atoms with Gasteiger partial charge < -0.3 is 4.90 Å². The molecular weight excluding hydrogens is 186 g/mol. The molecule has 1 rings (SSSR count). The number of likely N-dealkylation sites (tertiary alicyclic amines) is 1. The molecule has 1 fully saturated rings. The van der Waals surface area contributed by atoms with Crippen LogP contribution < -0.4 is 0 Å². The lowest BCUT2D eigenvalue weighted by Crippen LogP contribution is -2.21. The Morgan fingerprint density at radius 2 is 2.00 bits per heavy atom. The maximum absolute atomic E-state index is 3.98. The smallest absolute Gasteiger partial charge is 0.0607 e. The van der Waals surface area contributed by atoms with Crippen LogP contribution in [0, 0.1) is 0 Å². The Kier molecular flexibility index (Phi) is 6.20. The van der Waals surface area contributed by atoms with E-state index in [2.05, 4.69) is 24.1 Å². The number of hydrogen-bond acceptors (Lipinski definition) is 1. The molecule has 1 nitrogen and oxygen atoms in total. The van der Waals surface area contributed by atoms with Gasteiger partial charge in [-0.3, -0.25) is 0 Å². The van der Waals surface area contributed by atoms with Crippen LogP contribution in [0.4, 0.5) is 0 Å². The fourth-order valence-electron chi connectivity index (χ4n) is 2.33. The van der Waals surface area contributed by atoms with Crippen molar-refractivity contribution in [2.75, 3.05) is 19.6 Å². The van der Waals surface area contributed by atoms with Crippen LogP contribution in [0.3, 0.4) is 0 Å². The van der Waals surface area contributed by atoms with Crippen molar-refractivity contribution in [3.63, 3.8) is 0 Å². The Balaban J connectivity index is 2.03. The van der Waals surface area contributed by atoms with Gasteiger partial charge in [-0.25, -0.2) is 0 Å². The second-order valence-corrected chi connectivity index (χ2v) is 7.62. The fourth-order valence-corrected chi connectivity index (χ4v) is 4.54. The minimum Gasteiger partial charge on any atom is -0.303 e. The highest BCUT2D eigenvalue weighted by molar-refractivity contribution is 6.64. The fraction of sp³-hybridized carbons (Fsp3) is 0.833. The Labute approximate surface area is 90.8 Å². The number of hydrogen-bond donors (Lipinski definition) is 0. The predicted octanol–water partition coefficient (Wildman–Crippen LogP) is 2.83. The minimum absolute atomic E-state index is 0.536. The van der Waals surface area contributed by atoms with Crippen molar-refractivity contribution in [2.24, 2.45) is 0 Å². The molecule has 0 saturated carbocycles. The van der Waals surface area contributed by atoms with Gasteiger partial charge in [0, 0.05) is 0 Å². The second kappa shape index (κ2) is 7.24. The first-order valence-electron chi connectivity index (χ1n) is 6.21. The predicted molar refractivity (Wildman–Crippen MR) is 67.5 cm³/mol. The first-order valence-corrected chi connectivity index (χ1v) is 8.51. The monoisotopic (exact) mass is 211 g/mol. The van der Waals surface area contributed by atoms with Crippen molar-refractivity contribution < 1.29 is 0 Å². The van der Waals surface area contributed by atoms with E-state index >= 15 is 0 Å². The molecule has 0 N–H and O–H groups in total. The van der Waals surface area contributed by atoms with Crippen LogP contribution in [0.15, 0.2) is 12.3 Å². The van der Waals surface area contributed by atoms with Crippen molar-refractivity contribution in [3.8, 4) is 0 Å². The summed E-state index contributed by atoms with van der Waals surface area (Å²) in [7, 11) is -0.536. The van der Waals surface area contributed by atoms with Crippen LogP contribution in [-0.2, 0) is 0 Å². The summed E-state index contributed by atoms with van der Waals surface area (Å²) in [6, 6.07) is 2.94. The normalized spacial score (nSPS) is 19.8. The zero-order valence-corrected chi connectivity index (χ0v) is 10.8. The molecule has 0 aliphatic carbocycles. The molecule has 14 heavy (non-hydrogen) atoms. The summed E-state index contributed by atoms with van der Waals surface area (Å²) in [6.45, 7) is 10.3. The van der Waals surface area contributed by atoms with Gasteiger partial charge in [0.05, 0.1) is 8.80 Å². The third-order valence-electron chi connectivity index (χ3n) is 3.24. The van der Waals surface area contributed by atoms with Gasteiger partial charge in [-0.05, 0) is 38.9 Å². The van der Waals surface area contributed by atoms with Crippen LogP contribution in [0.1, 0.15) is 32.6 Å². The highest BCUT2D eigenvalue weighted by atomic mass is 28.3. The van der Waals surface area contributed by atoms with Gasteiger partial charge in [0.15, 0.2) is 0 Å². The number of rotatable bonds is 7. The molecule has 1 heterocycles. The van der Waals surface area contributed by atoms with Crippen molar-refractivity contribution in [1.82, 2.24) is 4.90 Å². The summed E-state index contributed by atoms with van der Waals surface area (Å²) in [5.74, 6) is 0. The van der Waals surface area contributed by atoms with Gasteiger partial charge in [-0.1, -0.05) is 25.4 Å². The van der Waals surface area contributed by atoms with Gasteiger partial charge in [0.25, 0.3) is 0 Å². The first kappa shape index (κ1) is 12.0. The summed E-state index contributed by atoms with van der Waals surface area (Å²) in [5.41, 5.74) is 2.29. The maximum Gasteiger partial charge on any atom is 0.0607 e. The third kappa shape index (κ3) is 4.42. The molecule has 2 heteroatoms. The summed E-state index contributed by atoms with van der Waals surface area (Å²) in [4.78, 5) is 2.63. The minimum atomic E-state index is -0.536. The molecule has 0 aromatic rings. The van der Waals surface area contributed by atoms with Crippen LogP contribution in [0.25, 0.3) is 0 Å². The van der Waals surface area contributed by atoms with Crippen molar-refractivity contribution >= 4 is 8.80 Å². The zero-order valence-electron chi connectivity index (χ0n) is 9.67. The highest BCUT2D eigenvalue weighted by Gasteiger charge is 2.11. The summed E-state index contributed by atoms with van der Waals surface area (Å²) in [6.07, 6.45) is 5.63. The van der Waals surface area contributed by atoms with Crippen molar-refractivity contribution in [2.45, 2.75) is 44.7 Å². The lowest BCUT2D eigenvalue weighted by atomic mass is 10.4. The Morgan fingerprint density at radius 3 is 2.57 bits per heavy atom. The Hall–Kier alpha value is -0.0831. The molecule has 1 aliphatic heterocycles. The molecule has 0 bridgehead atoms. The average Bonchev–Trinajstić information content (AvgIpc) is 2.69. The SMILES string of the molecule is C=C[SiH](CCC)CCCN1CCCC1. The van der Waals surface area contributed by atoms with E-state index in [0.29, 0.717) is 0 Å². The van der Waals surface area contributed by atoms with Gasteiger partial charge in [-0.2, -0.15) is 0 Å². The lowest BCUT2D eigenvalue weighted by molar-refractivity contribution is 0.339. The highest BCUT2D eigenvalue weighted by Crippen LogP contribution is 2.11. The molecule has 0 radical (unpaired) electrons. The Morgan fingerprint density at radius 1 is 1.29 bits per heavy atom. The Bertz CT molecular complexity index is 152. The van der Waals surface area contributed by atoms with E-state index in [1.54, 1.807) is 0 Å². The van der Waals surface area contributed by atoms with Crippen LogP contribution in [0.5, 0.6) is 0 Å². The van der Waals surface area contributed by atoms with E-state index in [9.17, 15) is 0 Å². The summed E-state index contributed by atoms with van der Waals surface area (Å²) in [5, 5.41) is 0. The topological polar surface area (TPSA) is 3.24 Å². The second-order valence-electron chi connectivity index (χ2n) is 4.48. The lowest BCUT2D eigenvalue weighted by Gasteiger charge is -2.15. The molecule has 1 saturated heterocycles. The van der Waals surface area contributed by atoms with Crippen LogP contribution in [0.2, 0.25) is 12.1 Å². The maximum atomic E-state index is 3.98. The summed E-state index contributed by atoms with van der Waals surface area (Å²) < 4.78 is 0. The van der Waals surface area contributed by atoms with Gasteiger partial charge >= 0.3 is 0 Å². The molecule has 0 amide bonds. The largest absolute Gasteiger partial charge is 0.303 e. The quantitative estimate of drug-likeness (QED) is 0.585. The molecular formula is C12H25NSi. The van der Waals surface area contributed by atoms with Gasteiger partial charge in [-0.15, -0.1) is 12.3 Å². The zero-order chi connectivity index (χ0) is 10.2. The van der Waals surface area contributed by atoms with Crippen LogP contribution >= 0.6 is 0 Å². The molecule has 0 aromatic heterocycles. The molecule has 1 aliphatic rings. The van der Waals surface area contributed by atoms with E-state index in [-0.39, 0.29) is 0 Å². The molecule has 1 atom stereocenters. The van der Waals surface area contributed by atoms with E-state index < -0.39 is 8.80 Å².